The molecule has 0 aliphatic rings. The highest BCUT2D eigenvalue weighted by atomic mass is 79.9. The number of primary amides is 1. The minimum Gasteiger partial charge on any atom is -0.456 e. The monoisotopic (exact) mass is 348 g/mol. The Bertz CT molecular complexity index is 658. The molecule has 0 spiro atoms. The lowest BCUT2D eigenvalue weighted by Crippen LogP contribution is -2.13. The van der Waals surface area contributed by atoms with Crippen molar-refractivity contribution >= 4 is 21.8 Å². The van der Waals surface area contributed by atoms with Crippen molar-refractivity contribution in [1.29, 1.82) is 0 Å². The Balaban J connectivity index is 2.29. The van der Waals surface area contributed by atoms with Crippen LogP contribution >= 0.6 is 15.9 Å². The first-order chi connectivity index (χ1) is 10.0. The number of carbonyl (C=O) groups excluding carboxylic acids is 1. The number of halogens is 1. The molecule has 2 aromatic carbocycles. The van der Waals surface area contributed by atoms with Crippen molar-refractivity contribution in [3.63, 3.8) is 0 Å². The van der Waals surface area contributed by atoms with Gasteiger partial charge in [-0.2, -0.15) is 0 Å². The molecule has 0 aromatic heterocycles. The average Bonchev–Trinajstić information content (AvgIpc) is 2.47. The van der Waals surface area contributed by atoms with E-state index in [1.54, 1.807) is 24.3 Å². The predicted octanol–water partition coefficient (Wildman–Crippen LogP) is 3.62. The normalized spacial score (nSPS) is 12.0. The second kappa shape index (κ2) is 6.74. The minimum atomic E-state index is -0.509. The molecule has 21 heavy (non-hydrogen) atoms. The molecule has 1 unspecified atom stereocenters. The Morgan fingerprint density at radius 2 is 2.00 bits per heavy atom. The highest BCUT2D eigenvalue weighted by Crippen LogP contribution is 2.31. The van der Waals surface area contributed by atoms with Gasteiger partial charge in [-0.25, -0.2) is 0 Å². The lowest BCUT2D eigenvalue weighted by atomic mass is 10.1. The summed E-state index contributed by atoms with van der Waals surface area (Å²) in [5.41, 5.74) is 6.84. The Labute approximate surface area is 132 Å². The Kier molecular flexibility index (Phi) is 4.98. The third kappa shape index (κ3) is 3.62. The summed E-state index contributed by atoms with van der Waals surface area (Å²) in [5.74, 6) is 0.582. The third-order valence-electron chi connectivity index (χ3n) is 3.25. The predicted molar refractivity (Wildman–Crippen MR) is 86.7 cm³/mol. The lowest BCUT2D eigenvalue weighted by Gasteiger charge is -2.15. The van der Waals surface area contributed by atoms with Crippen LogP contribution in [0.5, 0.6) is 11.5 Å². The maximum absolute atomic E-state index is 11.4. The second-order valence-corrected chi connectivity index (χ2v) is 5.51. The van der Waals surface area contributed by atoms with Crippen LogP contribution in [0.25, 0.3) is 0 Å². The van der Waals surface area contributed by atoms with Crippen LogP contribution in [-0.4, -0.2) is 13.0 Å². The molecule has 110 valence electrons. The molecular formula is C16H17BrN2O2. The van der Waals surface area contributed by atoms with Crippen LogP contribution in [-0.2, 0) is 0 Å². The fourth-order valence-electron chi connectivity index (χ4n) is 1.96. The van der Waals surface area contributed by atoms with Gasteiger partial charge in [-0.3, -0.25) is 4.79 Å². The molecule has 1 atom stereocenters. The van der Waals surface area contributed by atoms with Gasteiger partial charge in [-0.1, -0.05) is 34.1 Å². The van der Waals surface area contributed by atoms with Crippen LogP contribution in [0.4, 0.5) is 0 Å². The van der Waals surface area contributed by atoms with Gasteiger partial charge in [-0.05, 0) is 43.8 Å². The van der Waals surface area contributed by atoms with E-state index in [-0.39, 0.29) is 6.04 Å². The van der Waals surface area contributed by atoms with Crippen molar-refractivity contribution in [3.8, 4) is 11.5 Å². The SMILES string of the molecule is CNC(C)c1ccc(Oc2ccccc2C(N)=O)cc1Br. The van der Waals surface area contributed by atoms with E-state index in [4.69, 9.17) is 10.5 Å². The van der Waals surface area contributed by atoms with Gasteiger partial charge in [0, 0.05) is 10.5 Å². The van der Waals surface area contributed by atoms with E-state index in [0.717, 1.165) is 10.0 Å². The topological polar surface area (TPSA) is 64.3 Å². The number of rotatable bonds is 5. The average molecular weight is 349 g/mol. The third-order valence-corrected chi connectivity index (χ3v) is 3.94. The van der Waals surface area contributed by atoms with Gasteiger partial charge in [0.15, 0.2) is 0 Å². The molecule has 0 heterocycles. The summed E-state index contributed by atoms with van der Waals surface area (Å²) >= 11 is 3.54. The molecule has 0 saturated carbocycles. The first-order valence-corrected chi connectivity index (χ1v) is 7.35. The fraction of sp³-hybridized carbons (Fsp3) is 0.188. The van der Waals surface area contributed by atoms with E-state index in [9.17, 15) is 4.79 Å². The summed E-state index contributed by atoms with van der Waals surface area (Å²) in [5, 5.41) is 3.18. The molecular weight excluding hydrogens is 332 g/mol. The Morgan fingerprint density at radius 1 is 1.29 bits per heavy atom. The molecule has 0 saturated heterocycles. The van der Waals surface area contributed by atoms with E-state index >= 15 is 0 Å². The van der Waals surface area contributed by atoms with Gasteiger partial charge in [0.1, 0.15) is 11.5 Å². The van der Waals surface area contributed by atoms with Gasteiger partial charge in [-0.15, -0.1) is 0 Å². The Morgan fingerprint density at radius 3 is 2.62 bits per heavy atom. The van der Waals surface area contributed by atoms with Crippen molar-refractivity contribution in [3.05, 3.63) is 58.1 Å². The summed E-state index contributed by atoms with van der Waals surface area (Å²) < 4.78 is 6.71. The first-order valence-electron chi connectivity index (χ1n) is 6.56. The summed E-state index contributed by atoms with van der Waals surface area (Å²) in [6.45, 7) is 2.07. The van der Waals surface area contributed by atoms with E-state index in [0.29, 0.717) is 17.1 Å². The lowest BCUT2D eigenvalue weighted by molar-refractivity contribution is 0.0998. The molecule has 2 aromatic rings. The van der Waals surface area contributed by atoms with Crippen LogP contribution in [0, 0.1) is 0 Å². The number of amides is 1. The number of nitrogens with one attached hydrogen (secondary N) is 1. The molecule has 2 rings (SSSR count). The molecule has 4 nitrogen and oxygen atoms in total. The molecule has 0 aliphatic heterocycles. The summed E-state index contributed by atoms with van der Waals surface area (Å²) in [4.78, 5) is 11.4. The highest BCUT2D eigenvalue weighted by Gasteiger charge is 2.12. The molecule has 1 amide bonds. The largest absolute Gasteiger partial charge is 0.456 e. The van der Waals surface area contributed by atoms with Gasteiger partial charge in [0.05, 0.1) is 5.56 Å². The molecule has 0 radical (unpaired) electrons. The van der Waals surface area contributed by atoms with Crippen molar-refractivity contribution in [2.75, 3.05) is 7.05 Å². The van der Waals surface area contributed by atoms with Crippen molar-refractivity contribution in [2.45, 2.75) is 13.0 Å². The quantitative estimate of drug-likeness (QED) is 0.867. The van der Waals surface area contributed by atoms with Gasteiger partial charge in [0.25, 0.3) is 5.91 Å². The molecule has 0 fully saturated rings. The fourth-order valence-corrected chi connectivity index (χ4v) is 2.67. The van der Waals surface area contributed by atoms with Crippen LogP contribution in [0.3, 0.4) is 0 Å². The zero-order valence-electron chi connectivity index (χ0n) is 11.9. The van der Waals surface area contributed by atoms with Gasteiger partial charge >= 0.3 is 0 Å². The number of ether oxygens (including phenoxy) is 1. The number of nitrogens with two attached hydrogens (primary N) is 1. The van der Waals surface area contributed by atoms with E-state index < -0.39 is 5.91 Å². The molecule has 0 bridgehead atoms. The minimum absolute atomic E-state index is 0.228. The highest BCUT2D eigenvalue weighted by molar-refractivity contribution is 9.10. The number of benzene rings is 2. The summed E-state index contributed by atoms with van der Waals surface area (Å²) in [6, 6.07) is 12.9. The van der Waals surface area contributed by atoms with Crippen LogP contribution < -0.4 is 15.8 Å². The van der Waals surface area contributed by atoms with E-state index in [1.807, 2.05) is 25.2 Å². The zero-order valence-corrected chi connectivity index (χ0v) is 13.5. The maximum Gasteiger partial charge on any atom is 0.252 e. The van der Waals surface area contributed by atoms with Crippen LogP contribution in [0.2, 0.25) is 0 Å². The van der Waals surface area contributed by atoms with Crippen LogP contribution in [0.1, 0.15) is 28.9 Å². The number of para-hydroxylation sites is 1. The zero-order chi connectivity index (χ0) is 15.4. The molecule has 0 aliphatic carbocycles. The van der Waals surface area contributed by atoms with E-state index in [2.05, 4.69) is 28.2 Å². The van der Waals surface area contributed by atoms with E-state index in [1.165, 1.54) is 0 Å². The Hall–Kier alpha value is -1.85. The van der Waals surface area contributed by atoms with Crippen molar-refractivity contribution < 1.29 is 9.53 Å². The summed E-state index contributed by atoms with van der Waals surface area (Å²) in [7, 11) is 1.91. The van der Waals surface area contributed by atoms with Crippen molar-refractivity contribution in [2.24, 2.45) is 5.73 Å². The smallest absolute Gasteiger partial charge is 0.252 e. The van der Waals surface area contributed by atoms with Gasteiger partial charge in [0.2, 0.25) is 0 Å². The van der Waals surface area contributed by atoms with Crippen molar-refractivity contribution in [1.82, 2.24) is 5.32 Å². The standard InChI is InChI=1S/C16H17BrN2O2/c1-10(19-2)12-8-7-11(9-14(12)17)21-15-6-4-3-5-13(15)16(18)20/h3-10,19H,1-2H3,(H2,18,20). The number of hydrogen-bond donors (Lipinski definition) is 2. The first kappa shape index (κ1) is 15.5. The number of hydrogen-bond acceptors (Lipinski definition) is 3. The second-order valence-electron chi connectivity index (χ2n) is 4.66. The maximum atomic E-state index is 11.4. The van der Waals surface area contributed by atoms with Crippen LogP contribution in [0.15, 0.2) is 46.9 Å². The molecule has 3 N–H and O–H groups in total. The molecule has 5 heteroatoms. The summed E-state index contributed by atoms with van der Waals surface area (Å²) in [6.07, 6.45) is 0. The number of carbonyl (C=O) groups is 1. The van der Waals surface area contributed by atoms with Gasteiger partial charge < -0.3 is 15.8 Å².